The molecule has 23 heavy (non-hydrogen) atoms. The highest BCUT2D eigenvalue weighted by molar-refractivity contribution is 7.84. The van der Waals surface area contributed by atoms with Crippen molar-refractivity contribution in [3.63, 3.8) is 0 Å². The van der Waals surface area contributed by atoms with Crippen molar-refractivity contribution in [1.29, 1.82) is 0 Å². The van der Waals surface area contributed by atoms with Crippen molar-refractivity contribution in [2.24, 2.45) is 0 Å². The Morgan fingerprint density at radius 1 is 1.22 bits per heavy atom. The maximum Gasteiger partial charge on any atom is 0.319 e. The van der Waals surface area contributed by atoms with E-state index in [2.05, 4.69) is 10.6 Å². The van der Waals surface area contributed by atoms with Crippen LogP contribution in [0.25, 0.3) is 0 Å². The van der Waals surface area contributed by atoms with Crippen molar-refractivity contribution >= 4 is 34.1 Å². The molecule has 0 heterocycles. The quantitative estimate of drug-likeness (QED) is 0.859. The van der Waals surface area contributed by atoms with Crippen LogP contribution in [0.1, 0.15) is 17.2 Å². The van der Waals surface area contributed by atoms with Crippen molar-refractivity contribution in [3.05, 3.63) is 64.7 Å². The van der Waals surface area contributed by atoms with Crippen LogP contribution in [0.5, 0.6) is 0 Å². The monoisotopic (exact) mass is 350 g/mol. The summed E-state index contributed by atoms with van der Waals surface area (Å²) in [7, 11) is -1.03. The average molecular weight is 351 g/mol. The lowest BCUT2D eigenvalue weighted by Crippen LogP contribution is -2.35. The van der Waals surface area contributed by atoms with E-state index in [1.165, 1.54) is 0 Å². The number of anilines is 1. The number of benzene rings is 2. The average Bonchev–Trinajstić information content (AvgIpc) is 2.51. The Balaban J connectivity index is 2.08. The van der Waals surface area contributed by atoms with E-state index in [9.17, 15) is 9.00 Å². The minimum Gasteiger partial charge on any atom is -0.330 e. The van der Waals surface area contributed by atoms with Gasteiger partial charge in [0, 0.05) is 33.5 Å². The lowest BCUT2D eigenvalue weighted by Gasteiger charge is -2.18. The minimum atomic E-state index is -1.03. The molecule has 0 aliphatic carbocycles. The van der Waals surface area contributed by atoms with Crippen LogP contribution >= 0.6 is 11.6 Å². The molecule has 2 N–H and O–H groups in total. The summed E-state index contributed by atoms with van der Waals surface area (Å²) < 4.78 is 11.6. The number of hydrogen-bond donors (Lipinski definition) is 2. The van der Waals surface area contributed by atoms with Gasteiger partial charge in [-0.2, -0.15) is 0 Å². The topological polar surface area (TPSA) is 58.2 Å². The second-order valence-corrected chi connectivity index (χ2v) is 7.15. The molecular weight excluding hydrogens is 332 g/mol. The number of rotatable bonds is 5. The normalized spacial score (nSPS) is 13.2. The summed E-state index contributed by atoms with van der Waals surface area (Å²) in [5.74, 6) is 0.353. The highest BCUT2D eigenvalue weighted by Crippen LogP contribution is 2.20. The number of carbonyl (C=O) groups is 1. The number of carbonyl (C=O) groups excluding carboxylic acids is 1. The summed E-state index contributed by atoms with van der Waals surface area (Å²) in [5.41, 5.74) is 2.48. The van der Waals surface area contributed by atoms with Crippen LogP contribution in [0.3, 0.4) is 0 Å². The molecule has 0 bridgehead atoms. The summed E-state index contributed by atoms with van der Waals surface area (Å²) in [6.07, 6.45) is 1.62. The Morgan fingerprint density at radius 3 is 2.52 bits per heavy atom. The molecule has 4 nitrogen and oxygen atoms in total. The molecule has 0 aliphatic rings. The zero-order valence-corrected chi connectivity index (χ0v) is 14.6. The number of aryl methyl sites for hydroxylation is 1. The fourth-order valence-electron chi connectivity index (χ4n) is 2.14. The van der Waals surface area contributed by atoms with Crippen molar-refractivity contribution in [1.82, 2.24) is 5.32 Å². The van der Waals surface area contributed by atoms with Crippen LogP contribution in [0.2, 0.25) is 5.02 Å². The van der Waals surface area contributed by atoms with Gasteiger partial charge in [-0.1, -0.05) is 48.0 Å². The van der Waals surface area contributed by atoms with Crippen molar-refractivity contribution in [3.8, 4) is 0 Å². The van der Waals surface area contributed by atoms with E-state index < -0.39 is 10.8 Å². The van der Waals surface area contributed by atoms with E-state index in [0.717, 1.165) is 11.1 Å². The van der Waals surface area contributed by atoms with Gasteiger partial charge < -0.3 is 10.6 Å². The molecule has 0 aliphatic heterocycles. The molecule has 0 saturated carbocycles. The predicted octanol–water partition coefficient (Wildman–Crippen LogP) is 3.89. The van der Waals surface area contributed by atoms with E-state index in [-0.39, 0.29) is 12.1 Å². The van der Waals surface area contributed by atoms with Gasteiger partial charge in [-0.05, 0) is 30.2 Å². The third-order valence-corrected chi connectivity index (χ3v) is 4.55. The summed E-state index contributed by atoms with van der Waals surface area (Å²) in [6, 6.07) is 14.1. The second kappa shape index (κ2) is 8.13. The lowest BCUT2D eigenvalue weighted by atomic mass is 10.1. The molecule has 122 valence electrons. The molecule has 2 amide bonds. The van der Waals surface area contributed by atoms with E-state index >= 15 is 0 Å². The third kappa shape index (κ3) is 5.37. The highest BCUT2D eigenvalue weighted by Gasteiger charge is 2.16. The van der Waals surface area contributed by atoms with Crippen LogP contribution in [-0.2, 0) is 10.8 Å². The molecule has 0 spiro atoms. The van der Waals surface area contributed by atoms with E-state index in [1.807, 2.05) is 43.3 Å². The first-order valence-electron chi connectivity index (χ1n) is 7.14. The molecule has 0 fully saturated rings. The maximum absolute atomic E-state index is 12.2. The molecule has 2 aromatic carbocycles. The Morgan fingerprint density at radius 2 is 1.91 bits per heavy atom. The summed E-state index contributed by atoms with van der Waals surface area (Å²) in [4.78, 5) is 12.2. The smallest absolute Gasteiger partial charge is 0.319 e. The standard InChI is InChI=1S/C17H19ClN2O2S/c1-12-8-9-14(10-15(12)18)19-17(21)20-16(11-23(2)22)13-6-4-3-5-7-13/h3-10,16H,11H2,1-2H3,(H2,19,20,21)/t16-,23+/m0/s1. The zero-order valence-electron chi connectivity index (χ0n) is 13.0. The molecule has 0 unspecified atom stereocenters. The molecule has 2 aromatic rings. The van der Waals surface area contributed by atoms with E-state index in [0.29, 0.717) is 16.5 Å². The lowest BCUT2D eigenvalue weighted by molar-refractivity contribution is 0.249. The Hall–Kier alpha value is -1.85. The number of amides is 2. The number of hydrogen-bond acceptors (Lipinski definition) is 2. The predicted molar refractivity (Wildman–Crippen MR) is 96.5 cm³/mol. The molecule has 2 rings (SSSR count). The summed E-state index contributed by atoms with van der Waals surface area (Å²) in [5, 5.41) is 6.21. The summed E-state index contributed by atoms with van der Waals surface area (Å²) in [6.45, 7) is 1.90. The van der Waals surface area contributed by atoms with Crippen LogP contribution in [0.4, 0.5) is 10.5 Å². The number of nitrogens with one attached hydrogen (secondary N) is 2. The van der Waals surface area contributed by atoms with E-state index in [4.69, 9.17) is 11.6 Å². The van der Waals surface area contributed by atoms with Gasteiger partial charge in [-0.15, -0.1) is 0 Å². The highest BCUT2D eigenvalue weighted by atomic mass is 35.5. The van der Waals surface area contributed by atoms with Gasteiger partial charge >= 0.3 is 6.03 Å². The first-order chi connectivity index (χ1) is 11.0. The third-order valence-electron chi connectivity index (χ3n) is 3.34. The summed E-state index contributed by atoms with van der Waals surface area (Å²) >= 11 is 6.06. The fraction of sp³-hybridized carbons (Fsp3) is 0.235. The molecule has 0 saturated heterocycles. The Kier molecular flexibility index (Phi) is 6.19. The van der Waals surface area contributed by atoms with Gasteiger partial charge in [-0.3, -0.25) is 4.21 Å². The molecule has 0 radical (unpaired) electrons. The molecule has 6 heteroatoms. The first kappa shape index (κ1) is 17.5. The van der Waals surface area contributed by atoms with Crippen LogP contribution in [0.15, 0.2) is 48.5 Å². The fourth-order valence-corrected chi connectivity index (χ4v) is 3.06. The minimum absolute atomic E-state index is 0.317. The second-order valence-electron chi connectivity index (χ2n) is 5.27. The zero-order chi connectivity index (χ0) is 16.8. The number of halogens is 1. The van der Waals surface area contributed by atoms with Crippen LogP contribution < -0.4 is 10.6 Å². The van der Waals surface area contributed by atoms with Crippen molar-refractivity contribution in [2.45, 2.75) is 13.0 Å². The van der Waals surface area contributed by atoms with E-state index in [1.54, 1.807) is 18.4 Å². The van der Waals surface area contributed by atoms with Gasteiger partial charge in [-0.25, -0.2) is 4.79 Å². The van der Waals surface area contributed by atoms with Gasteiger partial charge in [0.15, 0.2) is 0 Å². The van der Waals surface area contributed by atoms with Crippen LogP contribution in [-0.4, -0.2) is 22.2 Å². The van der Waals surface area contributed by atoms with Gasteiger partial charge in [0.2, 0.25) is 0 Å². The largest absolute Gasteiger partial charge is 0.330 e. The van der Waals surface area contributed by atoms with Gasteiger partial charge in [0.1, 0.15) is 0 Å². The molecule has 2 atom stereocenters. The van der Waals surface area contributed by atoms with Crippen molar-refractivity contribution in [2.75, 3.05) is 17.3 Å². The van der Waals surface area contributed by atoms with Gasteiger partial charge in [0.25, 0.3) is 0 Å². The van der Waals surface area contributed by atoms with Crippen LogP contribution in [0, 0.1) is 6.92 Å². The Labute approximate surface area is 143 Å². The van der Waals surface area contributed by atoms with Gasteiger partial charge in [0.05, 0.1) is 6.04 Å². The SMILES string of the molecule is Cc1ccc(NC(=O)N[C@@H](C[S@@](C)=O)c2ccccc2)cc1Cl. The maximum atomic E-state index is 12.2. The number of urea groups is 1. The Bertz CT molecular complexity index is 707. The van der Waals surface area contributed by atoms with Crippen molar-refractivity contribution < 1.29 is 9.00 Å². The molecule has 0 aromatic heterocycles. The molecular formula is C17H19ClN2O2S. The first-order valence-corrected chi connectivity index (χ1v) is 9.25.